The number of benzene rings is 2. The van der Waals surface area contributed by atoms with Gasteiger partial charge in [-0.2, -0.15) is 10.1 Å². The van der Waals surface area contributed by atoms with Crippen LogP contribution in [0.15, 0.2) is 47.1 Å². The van der Waals surface area contributed by atoms with Crippen LogP contribution in [0.1, 0.15) is 30.0 Å². The number of rotatable bonds is 18. The quantitative estimate of drug-likeness (QED) is 0.126. The van der Waals surface area contributed by atoms with E-state index in [4.69, 9.17) is 39.9 Å². The number of carbonyl (C=O) groups is 2. The first-order chi connectivity index (χ1) is 25.3. The molecule has 276 valence electrons. The van der Waals surface area contributed by atoms with Crippen LogP contribution in [-0.4, -0.2) is 119 Å². The zero-order chi connectivity index (χ0) is 36.5. The molecule has 16 heteroatoms. The molecule has 0 radical (unpaired) electrons. The summed E-state index contributed by atoms with van der Waals surface area (Å²) < 4.78 is 29.4. The fourth-order valence-electron chi connectivity index (χ4n) is 5.96. The topological polar surface area (TPSA) is 199 Å². The molecule has 0 bridgehead atoms. The standard InChI is InChI=1S/C36H45N9O7/c1-24(46)43(2)10-12-49-14-16-51-18-17-50-15-13-48-11-8-31(47)44-9-7-26-19-25(3-4-28(26)22-44)21-45-35-32(34(37)39-23-40-35)33(42-45)27-5-6-30-29(20-27)41-36(38)52-30/h3-6,19-20,23H,7-18,21-22H2,1-2H3,(H2,38,41)(H2,37,39,40). The van der Waals surface area contributed by atoms with Gasteiger partial charge in [-0.15, -0.1) is 0 Å². The third-order valence-electron chi connectivity index (χ3n) is 8.89. The van der Waals surface area contributed by atoms with Crippen LogP contribution in [0.5, 0.6) is 0 Å². The van der Waals surface area contributed by atoms with Gasteiger partial charge in [-0.25, -0.2) is 14.6 Å². The molecule has 4 N–H and O–H groups in total. The van der Waals surface area contributed by atoms with Crippen molar-refractivity contribution in [2.45, 2.75) is 32.9 Å². The van der Waals surface area contributed by atoms with E-state index in [9.17, 15) is 9.59 Å². The molecule has 0 aliphatic carbocycles. The van der Waals surface area contributed by atoms with Gasteiger partial charge in [0.1, 0.15) is 23.4 Å². The van der Waals surface area contributed by atoms with E-state index in [1.54, 1.807) is 18.0 Å². The van der Waals surface area contributed by atoms with Gasteiger partial charge in [0, 0.05) is 39.2 Å². The first-order valence-corrected chi connectivity index (χ1v) is 17.3. The van der Waals surface area contributed by atoms with Crippen molar-refractivity contribution in [3.63, 3.8) is 0 Å². The Hall–Kier alpha value is -5.16. The summed E-state index contributed by atoms with van der Waals surface area (Å²) in [6.45, 7) is 7.25. The van der Waals surface area contributed by atoms with Crippen molar-refractivity contribution in [1.82, 2.24) is 34.5 Å². The lowest BCUT2D eigenvalue weighted by Gasteiger charge is -2.29. The molecule has 0 fully saturated rings. The average Bonchev–Trinajstić information content (AvgIpc) is 3.70. The number of carbonyl (C=O) groups excluding carboxylic acids is 2. The largest absolute Gasteiger partial charge is 0.424 e. The van der Waals surface area contributed by atoms with Crippen molar-refractivity contribution < 1.29 is 33.0 Å². The molecule has 0 unspecified atom stereocenters. The van der Waals surface area contributed by atoms with Gasteiger partial charge in [0.25, 0.3) is 6.01 Å². The van der Waals surface area contributed by atoms with Crippen molar-refractivity contribution in [3.05, 3.63) is 59.4 Å². The number of oxazole rings is 1. The zero-order valence-corrected chi connectivity index (χ0v) is 29.6. The molecule has 1 aliphatic rings. The van der Waals surface area contributed by atoms with Crippen LogP contribution in [0.4, 0.5) is 11.8 Å². The van der Waals surface area contributed by atoms with E-state index in [1.165, 1.54) is 18.8 Å². The Labute approximate surface area is 301 Å². The van der Waals surface area contributed by atoms with E-state index in [1.807, 2.05) is 21.7 Å². The van der Waals surface area contributed by atoms with Crippen LogP contribution in [0.2, 0.25) is 0 Å². The molecular weight excluding hydrogens is 670 g/mol. The molecule has 1 aliphatic heterocycles. The van der Waals surface area contributed by atoms with Gasteiger partial charge < -0.3 is 44.6 Å². The molecule has 5 aromatic rings. The maximum absolute atomic E-state index is 12.9. The predicted molar refractivity (Wildman–Crippen MR) is 193 cm³/mol. The lowest BCUT2D eigenvalue weighted by molar-refractivity contribution is -0.133. The molecule has 2 aromatic carbocycles. The summed E-state index contributed by atoms with van der Waals surface area (Å²) in [5.74, 6) is 0.422. The number of aromatic nitrogens is 5. The second-order valence-electron chi connectivity index (χ2n) is 12.5. The fraction of sp³-hybridized carbons (Fsp3) is 0.444. The third kappa shape index (κ3) is 9.19. The summed E-state index contributed by atoms with van der Waals surface area (Å²) in [5, 5.41) is 5.58. The molecule has 0 spiro atoms. The summed E-state index contributed by atoms with van der Waals surface area (Å²) in [5.41, 5.74) is 18.8. The van der Waals surface area contributed by atoms with Gasteiger partial charge in [-0.3, -0.25) is 9.59 Å². The Morgan fingerprint density at radius 1 is 0.904 bits per heavy atom. The normalized spacial score (nSPS) is 12.8. The minimum atomic E-state index is 0.0138. The minimum Gasteiger partial charge on any atom is -0.424 e. The van der Waals surface area contributed by atoms with Gasteiger partial charge in [0.05, 0.1) is 71.2 Å². The minimum absolute atomic E-state index is 0.0138. The van der Waals surface area contributed by atoms with Gasteiger partial charge in [-0.1, -0.05) is 18.2 Å². The van der Waals surface area contributed by atoms with E-state index in [0.29, 0.717) is 119 Å². The summed E-state index contributed by atoms with van der Waals surface area (Å²) in [4.78, 5) is 40.6. The highest BCUT2D eigenvalue weighted by Gasteiger charge is 2.22. The summed E-state index contributed by atoms with van der Waals surface area (Å²) in [6, 6.07) is 12.0. The van der Waals surface area contributed by atoms with Gasteiger partial charge >= 0.3 is 0 Å². The van der Waals surface area contributed by atoms with Crippen LogP contribution in [-0.2, 0) is 48.0 Å². The molecule has 6 rings (SSSR count). The number of anilines is 2. The summed E-state index contributed by atoms with van der Waals surface area (Å²) in [7, 11) is 1.74. The van der Waals surface area contributed by atoms with E-state index < -0.39 is 0 Å². The van der Waals surface area contributed by atoms with E-state index in [2.05, 4.69) is 33.2 Å². The first kappa shape index (κ1) is 36.6. The van der Waals surface area contributed by atoms with Gasteiger partial charge in [-0.05, 0) is 41.3 Å². The van der Waals surface area contributed by atoms with E-state index in [-0.39, 0.29) is 17.8 Å². The number of hydrogen-bond donors (Lipinski definition) is 2. The maximum atomic E-state index is 12.9. The number of amides is 2. The lowest BCUT2D eigenvalue weighted by Crippen LogP contribution is -2.36. The van der Waals surface area contributed by atoms with Crippen molar-refractivity contribution in [2.24, 2.45) is 0 Å². The number of likely N-dealkylation sites (N-methyl/N-ethyl adjacent to an activating group) is 1. The van der Waals surface area contributed by atoms with Crippen LogP contribution in [0.3, 0.4) is 0 Å². The number of nitrogen functional groups attached to an aromatic ring is 2. The molecule has 3 aromatic heterocycles. The van der Waals surface area contributed by atoms with Gasteiger partial charge in [0.15, 0.2) is 11.2 Å². The van der Waals surface area contributed by atoms with Gasteiger partial charge in [0.2, 0.25) is 11.8 Å². The molecule has 0 saturated heterocycles. The zero-order valence-electron chi connectivity index (χ0n) is 29.6. The molecular formula is C36H45N9O7. The number of fused-ring (bicyclic) bond motifs is 3. The van der Waals surface area contributed by atoms with E-state index in [0.717, 1.165) is 23.1 Å². The second kappa shape index (κ2) is 17.4. The average molecular weight is 716 g/mol. The highest BCUT2D eigenvalue weighted by atomic mass is 16.6. The fourth-order valence-corrected chi connectivity index (χ4v) is 5.96. The summed E-state index contributed by atoms with van der Waals surface area (Å²) in [6.07, 6.45) is 2.52. The van der Waals surface area contributed by atoms with Crippen LogP contribution in [0.25, 0.3) is 33.4 Å². The molecule has 2 amide bonds. The number of ether oxygens (including phenoxy) is 4. The Morgan fingerprint density at radius 2 is 1.63 bits per heavy atom. The highest BCUT2D eigenvalue weighted by Crippen LogP contribution is 2.33. The Bertz CT molecular complexity index is 2000. The maximum Gasteiger partial charge on any atom is 0.292 e. The Kier molecular flexibility index (Phi) is 12.2. The SMILES string of the molecule is CC(=O)N(C)CCOCCOCCOCCOCCC(=O)N1CCc2cc(Cn3nc(-c4ccc5oc(N)nc5c4)c4c(N)ncnc43)ccc2C1. The molecule has 0 atom stereocenters. The van der Waals surface area contributed by atoms with E-state index >= 15 is 0 Å². The lowest BCUT2D eigenvalue weighted by atomic mass is 9.97. The van der Waals surface area contributed by atoms with Crippen molar-refractivity contribution in [1.29, 1.82) is 0 Å². The highest BCUT2D eigenvalue weighted by molar-refractivity contribution is 5.99. The molecule has 16 nitrogen and oxygen atoms in total. The smallest absolute Gasteiger partial charge is 0.292 e. The predicted octanol–water partition coefficient (Wildman–Crippen LogP) is 2.67. The molecule has 4 heterocycles. The van der Waals surface area contributed by atoms with Crippen molar-refractivity contribution in [2.75, 3.05) is 84.5 Å². The number of nitrogens with zero attached hydrogens (tertiary/aromatic N) is 7. The first-order valence-electron chi connectivity index (χ1n) is 17.3. The van der Waals surface area contributed by atoms with Crippen LogP contribution < -0.4 is 11.5 Å². The summed E-state index contributed by atoms with van der Waals surface area (Å²) >= 11 is 0. The Morgan fingerprint density at radius 3 is 2.38 bits per heavy atom. The van der Waals surface area contributed by atoms with Crippen LogP contribution in [0, 0.1) is 0 Å². The van der Waals surface area contributed by atoms with Crippen LogP contribution >= 0.6 is 0 Å². The molecule has 52 heavy (non-hydrogen) atoms. The van der Waals surface area contributed by atoms with Crippen molar-refractivity contribution >= 4 is 45.8 Å². The number of hydrogen-bond acceptors (Lipinski definition) is 13. The Balaban J connectivity index is 0.920. The number of nitrogens with two attached hydrogens (primary N) is 2. The van der Waals surface area contributed by atoms with Crippen molar-refractivity contribution in [3.8, 4) is 11.3 Å². The molecule has 0 saturated carbocycles. The monoisotopic (exact) mass is 715 g/mol. The third-order valence-corrected chi connectivity index (χ3v) is 8.89. The second-order valence-corrected chi connectivity index (χ2v) is 12.5.